The predicted molar refractivity (Wildman–Crippen MR) is 123 cm³/mol. The summed E-state index contributed by atoms with van der Waals surface area (Å²) >= 11 is 0. The van der Waals surface area contributed by atoms with Crippen molar-refractivity contribution in [2.24, 2.45) is 0 Å². The minimum Gasteiger partial charge on any atom is -0.336 e. The number of hydrogen-bond acceptors (Lipinski definition) is 3. The van der Waals surface area contributed by atoms with Gasteiger partial charge in [0.05, 0.1) is 10.9 Å². The van der Waals surface area contributed by atoms with Gasteiger partial charge in [0.2, 0.25) is 15.9 Å². The second kappa shape index (κ2) is 9.38. The Morgan fingerprint density at radius 1 is 1.06 bits per heavy atom. The number of fused-ring (bicyclic) bond motifs is 1. The third kappa shape index (κ3) is 4.54. The van der Waals surface area contributed by atoms with E-state index in [1.165, 1.54) is 34.4 Å². The largest absolute Gasteiger partial charge is 0.336 e. The molecule has 0 N–H and O–H groups in total. The Labute approximate surface area is 188 Å². The molecule has 3 aromatic rings. The van der Waals surface area contributed by atoms with Crippen LogP contribution in [0.25, 0.3) is 10.8 Å². The van der Waals surface area contributed by atoms with Crippen molar-refractivity contribution >= 4 is 26.7 Å². The standard InChI is InChI=1S/C25H27FN2O3S/c1-27(32(30,31)21-15-13-20(26)14-16-21)17-6-12-25(29)28-18-5-11-24(28)23-10-4-8-19-7-2-3-9-22(19)23/h2-4,7-10,13-16,24H,5-6,11-12,17-18H2,1H3. The van der Waals surface area contributed by atoms with E-state index in [0.717, 1.165) is 36.9 Å². The van der Waals surface area contributed by atoms with Gasteiger partial charge >= 0.3 is 0 Å². The molecule has 4 rings (SSSR count). The first-order valence-corrected chi connectivity index (χ1v) is 12.3. The van der Waals surface area contributed by atoms with Gasteiger partial charge in [-0.3, -0.25) is 4.79 Å². The number of rotatable bonds is 7. The SMILES string of the molecule is CN(CCCC(=O)N1CCCC1c1cccc2ccccc12)S(=O)(=O)c1ccc(F)cc1. The van der Waals surface area contributed by atoms with Crippen LogP contribution in [0.1, 0.15) is 37.3 Å². The van der Waals surface area contributed by atoms with Gasteiger partial charge in [0.25, 0.3) is 0 Å². The number of nitrogens with zero attached hydrogens (tertiary/aromatic N) is 2. The van der Waals surface area contributed by atoms with E-state index in [1.54, 1.807) is 0 Å². The van der Waals surface area contributed by atoms with E-state index in [1.807, 2.05) is 23.1 Å². The average molecular weight is 455 g/mol. The monoisotopic (exact) mass is 454 g/mol. The van der Waals surface area contributed by atoms with E-state index in [-0.39, 0.29) is 29.8 Å². The predicted octanol–water partition coefficient (Wildman–Crippen LogP) is 4.74. The van der Waals surface area contributed by atoms with Crippen molar-refractivity contribution in [1.82, 2.24) is 9.21 Å². The summed E-state index contributed by atoms with van der Waals surface area (Å²) in [5.41, 5.74) is 1.17. The third-order valence-corrected chi connectivity index (χ3v) is 8.01. The van der Waals surface area contributed by atoms with Gasteiger partial charge in [-0.25, -0.2) is 17.1 Å². The molecule has 0 spiro atoms. The van der Waals surface area contributed by atoms with Crippen LogP contribution >= 0.6 is 0 Å². The molecule has 1 saturated heterocycles. The van der Waals surface area contributed by atoms with E-state index >= 15 is 0 Å². The van der Waals surface area contributed by atoms with E-state index < -0.39 is 15.8 Å². The molecule has 0 radical (unpaired) electrons. The maximum Gasteiger partial charge on any atom is 0.242 e. The molecule has 3 aromatic carbocycles. The van der Waals surface area contributed by atoms with Gasteiger partial charge in [-0.2, -0.15) is 0 Å². The smallest absolute Gasteiger partial charge is 0.242 e. The lowest BCUT2D eigenvalue weighted by atomic mass is 9.97. The molecule has 1 aliphatic rings. The number of benzene rings is 3. The van der Waals surface area contributed by atoms with Crippen LogP contribution in [0.4, 0.5) is 4.39 Å². The first kappa shape index (κ1) is 22.4. The molecular formula is C25H27FN2O3S. The molecule has 5 nitrogen and oxygen atoms in total. The Kier molecular flexibility index (Phi) is 6.58. The van der Waals surface area contributed by atoms with Gasteiger partial charge in [-0.1, -0.05) is 42.5 Å². The summed E-state index contributed by atoms with van der Waals surface area (Å²) in [5.74, 6) is -0.434. The Balaban J connectivity index is 1.40. The lowest BCUT2D eigenvalue weighted by molar-refractivity contribution is -0.132. The highest BCUT2D eigenvalue weighted by Crippen LogP contribution is 2.36. The summed E-state index contributed by atoms with van der Waals surface area (Å²) in [7, 11) is -2.22. The van der Waals surface area contributed by atoms with Crippen molar-refractivity contribution in [3.8, 4) is 0 Å². The quantitative estimate of drug-likeness (QED) is 0.518. The molecule has 168 valence electrons. The van der Waals surface area contributed by atoms with Crippen molar-refractivity contribution in [2.45, 2.75) is 36.6 Å². The molecule has 32 heavy (non-hydrogen) atoms. The van der Waals surface area contributed by atoms with E-state index in [0.29, 0.717) is 6.42 Å². The summed E-state index contributed by atoms with van der Waals surface area (Å²) in [6.45, 7) is 0.939. The lowest BCUT2D eigenvalue weighted by Crippen LogP contribution is -2.32. The van der Waals surface area contributed by atoms with E-state index in [4.69, 9.17) is 0 Å². The number of carbonyl (C=O) groups excluding carboxylic acids is 1. The molecule has 0 saturated carbocycles. The van der Waals surface area contributed by atoms with Gasteiger partial charge in [-0.15, -0.1) is 0 Å². The van der Waals surface area contributed by atoms with Gasteiger partial charge in [0.15, 0.2) is 0 Å². The summed E-state index contributed by atoms with van der Waals surface area (Å²) < 4.78 is 39.6. The van der Waals surface area contributed by atoms with E-state index in [9.17, 15) is 17.6 Å². The van der Waals surface area contributed by atoms with Crippen molar-refractivity contribution in [3.63, 3.8) is 0 Å². The summed E-state index contributed by atoms with van der Waals surface area (Å²) in [6, 6.07) is 19.2. The number of amides is 1. The zero-order valence-corrected chi connectivity index (χ0v) is 18.9. The molecule has 1 aliphatic heterocycles. The van der Waals surface area contributed by atoms with Crippen LogP contribution in [0, 0.1) is 5.82 Å². The average Bonchev–Trinajstić information content (AvgIpc) is 3.28. The van der Waals surface area contributed by atoms with E-state index in [2.05, 4.69) is 24.3 Å². The molecule has 7 heteroatoms. The van der Waals surface area contributed by atoms with Gasteiger partial charge in [-0.05, 0) is 59.9 Å². The number of likely N-dealkylation sites (tertiary alicyclic amines) is 1. The van der Waals surface area contributed by atoms with Gasteiger partial charge in [0, 0.05) is 26.6 Å². The molecular weight excluding hydrogens is 427 g/mol. The fourth-order valence-corrected chi connectivity index (χ4v) is 5.64. The number of sulfonamides is 1. The van der Waals surface area contributed by atoms with Crippen LogP contribution in [-0.2, 0) is 14.8 Å². The minimum atomic E-state index is -3.71. The second-order valence-electron chi connectivity index (χ2n) is 8.20. The molecule has 0 bridgehead atoms. The van der Waals surface area contributed by atoms with Crippen LogP contribution in [0.5, 0.6) is 0 Å². The van der Waals surface area contributed by atoms with Crippen LogP contribution < -0.4 is 0 Å². The van der Waals surface area contributed by atoms with Crippen LogP contribution in [0.2, 0.25) is 0 Å². The van der Waals surface area contributed by atoms with Crippen LogP contribution in [0.3, 0.4) is 0 Å². The highest BCUT2D eigenvalue weighted by Gasteiger charge is 2.30. The maximum atomic E-state index is 13.1. The Morgan fingerprint density at radius 3 is 2.56 bits per heavy atom. The van der Waals surface area contributed by atoms with Gasteiger partial charge in [0.1, 0.15) is 5.82 Å². The molecule has 1 fully saturated rings. The fourth-order valence-electron chi connectivity index (χ4n) is 4.43. The highest BCUT2D eigenvalue weighted by molar-refractivity contribution is 7.89. The van der Waals surface area contributed by atoms with Crippen molar-refractivity contribution < 1.29 is 17.6 Å². The molecule has 0 aromatic heterocycles. The van der Waals surface area contributed by atoms with Crippen molar-refractivity contribution in [1.29, 1.82) is 0 Å². The van der Waals surface area contributed by atoms with Gasteiger partial charge < -0.3 is 4.90 Å². The Morgan fingerprint density at radius 2 is 1.78 bits per heavy atom. The number of halogens is 1. The second-order valence-corrected chi connectivity index (χ2v) is 10.2. The summed E-state index contributed by atoms with van der Waals surface area (Å²) in [6.07, 6.45) is 2.59. The van der Waals surface area contributed by atoms with Crippen molar-refractivity contribution in [2.75, 3.05) is 20.1 Å². The third-order valence-electron chi connectivity index (χ3n) is 6.14. The maximum absolute atomic E-state index is 13.1. The van der Waals surface area contributed by atoms with Crippen LogP contribution in [-0.4, -0.2) is 43.7 Å². The fraction of sp³-hybridized carbons (Fsp3) is 0.320. The zero-order chi connectivity index (χ0) is 22.7. The number of carbonyl (C=O) groups is 1. The molecule has 0 aliphatic carbocycles. The Hall–Kier alpha value is -2.77. The normalized spacial score (nSPS) is 16.7. The highest BCUT2D eigenvalue weighted by atomic mass is 32.2. The number of hydrogen-bond donors (Lipinski definition) is 0. The molecule has 1 amide bonds. The molecule has 1 heterocycles. The molecule has 1 atom stereocenters. The Bertz CT molecular complexity index is 1210. The van der Waals surface area contributed by atoms with Crippen LogP contribution in [0.15, 0.2) is 71.6 Å². The zero-order valence-electron chi connectivity index (χ0n) is 18.1. The first-order valence-electron chi connectivity index (χ1n) is 10.9. The minimum absolute atomic E-state index is 0.0447. The molecule has 1 unspecified atom stereocenters. The summed E-state index contributed by atoms with van der Waals surface area (Å²) in [4.78, 5) is 15.0. The topological polar surface area (TPSA) is 57.7 Å². The summed E-state index contributed by atoms with van der Waals surface area (Å²) in [5, 5.41) is 2.33. The van der Waals surface area contributed by atoms with Crippen molar-refractivity contribution in [3.05, 3.63) is 78.1 Å². The first-order chi connectivity index (χ1) is 15.4. The lowest BCUT2D eigenvalue weighted by Gasteiger charge is -2.26.